The maximum atomic E-state index is 12.7. The first kappa shape index (κ1) is 20.2. The van der Waals surface area contributed by atoms with Gasteiger partial charge in [-0.05, 0) is 39.3 Å². The van der Waals surface area contributed by atoms with Gasteiger partial charge in [-0.1, -0.05) is 0 Å². The number of hydrogen-bond donors (Lipinski definition) is 1. The second-order valence-electron chi connectivity index (χ2n) is 6.33. The van der Waals surface area contributed by atoms with Crippen LogP contribution in [0.15, 0.2) is 17.2 Å². The van der Waals surface area contributed by atoms with Gasteiger partial charge in [0.2, 0.25) is 5.91 Å². The van der Waals surface area contributed by atoms with Gasteiger partial charge in [-0.15, -0.1) is 22.7 Å². The Kier molecular flexibility index (Phi) is 5.95. The van der Waals surface area contributed by atoms with Gasteiger partial charge in [0.05, 0.1) is 23.9 Å². The van der Waals surface area contributed by atoms with Gasteiger partial charge >= 0.3 is 5.97 Å². The molecule has 3 rings (SSSR count). The Balaban J connectivity index is 1.73. The van der Waals surface area contributed by atoms with E-state index < -0.39 is 5.97 Å². The number of nitrogens with zero attached hydrogens (tertiary/aromatic N) is 2. The van der Waals surface area contributed by atoms with E-state index in [1.807, 2.05) is 20.8 Å². The maximum Gasteiger partial charge on any atom is 0.341 e. The number of amides is 1. The number of rotatable bonds is 6. The minimum atomic E-state index is -0.462. The molecule has 0 spiro atoms. The molecule has 0 unspecified atom stereocenters. The monoisotopic (exact) mass is 419 g/mol. The van der Waals surface area contributed by atoms with Gasteiger partial charge in [-0.2, -0.15) is 0 Å². The van der Waals surface area contributed by atoms with E-state index in [0.29, 0.717) is 20.8 Å². The molecule has 0 aliphatic heterocycles. The number of thiophene rings is 2. The van der Waals surface area contributed by atoms with Crippen molar-refractivity contribution in [1.82, 2.24) is 9.55 Å². The second-order valence-corrected chi connectivity index (χ2v) is 8.78. The van der Waals surface area contributed by atoms with Crippen molar-refractivity contribution < 1.29 is 14.3 Å². The van der Waals surface area contributed by atoms with E-state index in [-0.39, 0.29) is 31.0 Å². The van der Waals surface area contributed by atoms with E-state index in [9.17, 15) is 14.4 Å². The number of anilines is 1. The van der Waals surface area contributed by atoms with Crippen molar-refractivity contribution in [3.8, 4) is 0 Å². The van der Waals surface area contributed by atoms with Gasteiger partial charge in [-0.25, -0.2) is 9.78 Å². The molecule has 0 bridgehead atoms. The summed E-state index contributed by atoms with van der Waals surface area (Å²) in [6, 6.07) is 1.70. The van der Waals surface area contributed by atoms with Crippen molar-refractivity contribution in [2.24, 2.45) is 0 Å². The summed E-state index contributed by atoms with van der Waals surface area (Å²) in [5.41, 5.74) is 1.14. The number of aromatic nitrogens is 2. The number of carbonyl (C=O) groups excluding carboxylic acids is 2. The molecule has 3 heterocycles. The zero-order chi connectivity index (χ0) is 20.4. The van der Waals surface area contributed by atoms with Crippen LogP contribution in [0.3, 0.4) is 0 Å². The Labute approximate surface area is 170 Å². The number of nitrogens with one attached hydrogen (secondary N) is 1. The van der Waals surface area contributed by atoms with Gasteiger partial charge in [0.25, 0.3) is 5.56 Å². The fourth-order valence-electron chi connectivity index (χ4n) is 2.81. The lowest BCUT2D eigenvalue weighted by atomic mass is 10.2. The molecular formula is C19H21N3O4S2. The Hall–Kier alpha value is -2.52. The predicted molar refractivity (Wildman–Crippen MR) is 112 cm³/mol. The van der Waals surface area contributed by atoms with Crippen LogP contribution in [0.2, 0.25) is 0 Å². The highest BCUT2D eigenvalue weighted by atomic mass is 32.1. The van der Waals surface area contributed by atoms with E-state index in [1.165, 1.54) is 33.6 Å². The second kappa shape index (κ2) is 8.24. The van der Waals surface area contributed by atoms with Crippen LogP contribution in [0.4, 0.5) is 5.00 Å². The highest BCUT2D eigenvalue weighted by molar-refractivity contribution is 7.18. The molecule has 0 fully saturated rings. The van der Waals surface area contributed by atoms with Crippen molar-refractivity contribution >= 4 is 49.8 Å². The van der Waals surface area contributed by atoms with Crippen molar-refractivity contribution in [1.29, 1.82) is 0 Å². The lowest BCUT2D eigenvalue weighted by Gasteiger charge is -2.08. The first-order valence-electron chi connectivity index (χ1n) is 8.84. The fourth-order valence-corrected chi connectivity index (χ4v) is 4.71. The number of aryl methyl sites for hydroxylation is 4. The summed E-state index contributed by atoms with van der Waals surface area (Å²) in [6.07, 6.45) is 1.57. The summed E-state index contributed by atoms with van der Waals surface area (Å²) >= 11 is 2.81. The van der Waals surface area contributed by atoms with Crippen LogP contribution in [-0.4, -0.2) is 28.0 Å². The van der Waals surface area contributed by atoms with E-state index >= 15 is 0 Å². The smallest absolute Gasteiger partial charge is 0.341 e. The summed E-state index contributed by atoms with van der Waals surface area (Å²) in [6.45, 7) is 7.93. The lowest BCUT2D eigenvalue weighted by Crippen LogP contribution is -2.23. The first-order chi connectivity index (χ1) is 13.3. The SMILES string of the molecule is CCOC(=O)c1cc(C)sc1NC(=O)CCn1cnc2sc(C)c(C)c2c1=O. The van der Waals surface area contributed by atoms with Crippen molar-refractivity contribution in [2.75, 3.05) is 11.9 Å². The summed E-state index contributed by atoms with van der Waals surface area (Å²) in [5, 5.41) is 3.84. The molecule has 0 saturated heterocycles. The van der Waals surface area contributed by atoms with Crippen LogP contribution in [0, 0.1) is 20.8 Å². The average Bonchev–Trinajstić information content (AvgIpc) is 3.14. The van der Waals surface area contributed by atoms with Gasteiger partial charge in [0, 0.05) is 22.7 Å². The van der Waals surface area contributed by atoms with E-state index in [2.05, 4.69) is 10.3 Å². The van der Waals surface area contributed by atoms with Crippen molar-refractivity contribution in [3.63, 3.8) is 0 Å². The van der Waals surface area contributed by atoms with Crippen LogP contribution < -0.4 is 10.9 Å². The highest BCUT2D eigenvalue weighted by Crippen LogP contribution is 2.28. The molecule has 0 aliphatic rings. The average molecular weight is 420 g/mol. The molecule has 1 N–H and O–H groups in total. The first-order valence-corrected chi connectivity index (χ1v) is 10.5. The predicted octanol–water partition coefficient (Wildman–Crippen LogP) is 3.65. The molecule has 3 aromatic rings. The zero-order valence-electron chi connectivity index (χ0n) is 16.1. The number of esters is 1. The summed E-state index contributed by atoms with van der Waals surface area (Å²) in [4.78, 5) is 44.1. The third-order valence-electron chi connectivity index (χ3n) is 4.34. The minimum Gasteiger partial charge on any atom is -0.462 e. The topological polar surface area (TPSA) is 90.3 Å². The molecule has 0 saturated carbocycles. The van der Waals surface area contributed by atoms with E-state index in [4.69, 9.17) is 4.74 Å². The van der Waals surface area contributed by atoms with Crippen LogP contribution in [0.5, 0.6) is 0 Å². The zero-order valence-corrected chi connectivity index (χ0v) is 17.8. The largest absolute Gasteiger partial charge is 0.462 e. The Morgan fingerprint density at radius 1 is 1.25 bits per heavy atom. The Bertz CT molecular complexity index is 1110. The molecule has 0 radical (unpaired) electrons. The lowest BCUT2D eigenvalue weighted by molar-refractivity contribution is -0.116. The van der Waals surface area contributed by atoms with Gasteiger partial charge in [-0.3, -0.25) is 14.2 Å². The molecule has 28 heavy (non-hydrogen) atoms. The summed E-state index contributed by atoms with van der Waals surface area (Å²) < 4.78 is 6.48. The normalized spacial score (nSPS) is 11.0. The Morgan fingerprint density at radius 2 is 2.00 bits per heavy atom. The molecule has 148 valence electrons. The standard InChI is InChI=1S/C19H21N3O4S2/c1-5-26-19(25)13-8-10(2)27-16(13)21-14(23)6-7-22-9-20-17-15(18(22)24)11(3)12(4)28-17/h8-9H,5-7H2,1-4H3,(H,21,23). The molecule has 7 nitrogen and oxygen atoms in total. The van der Waals surface area contributed by atoms with E-state index in [0.717, 1.165) is 15.3 Å². The number of carbonyl (C=O) groups is 2. The maximum absolute atomic E-state index is 12.7. The highest BCUT2D eigenvalue weighted by Gasteiger charge is 2.18. The number of hydrogen-bond acceptors (Lipinski definition) is 7. The molecule has 0 aliphatic carbocycles. The number of ether oxygens (including phenoxy) is 1. The molecule has 1 amide bonds. The molecule has 0 aromatic carbocycles. The van der Waals surface area contributed by atoms with Crippen LogP contribution in [-0.2, 0) is 16.1 Å². The third kappa shape index (κ3) is 4.00. The molecular weight excluding hydrogens is 398 g/mol. The molecule has 3 aromatic heterocycles. The Morgan fingerprint density at radius 3 is 2.71 bits per heavy atom. The van der Waals surface area contributed by atoms with Crippen LogP contribution in [0.25, 0.3) is 10.2 Å². The van der Waals surface area contributed by atoms with Gasteiger partial charge < -0.3 is 10.1 Å². The third-order valence-corrected chi connectivity index (χ3v) is 6.42. The quantitative estimate of drug-likeness (QED) is 0.616. The summed E-state index contributed by atoms with van der Waals surface area (Å²) in [5.74, 6) is -0.742. The van der Waals surface area contributed by atoms with E-state index in [1.54, 1.807) is 13.0 Å². The van der Waals surface area contributed by atoms with Crippen molar-refractivity contribution in [2.45, 2.75) is 40.7 Å². The molecule has 9 heteroatoms. The number of fused-ring (bicyclic) bond motifs is 1. The van der Waals surface area contributed by atoms with Crippen LogP contribution >= 0.6 is 22.7 Å². The minimum absolute atomic E-state index is 0.0917. The van der Waals surface area contributed by atoms with Crippen LogP contribution in [0.1, 0.15) is 39.0 Å². The summed E-state index contributed by atoms with van der Waals surface area (Å²) in [7, 11) is 0. The van der Waals surface area contributed by atoms with Gasteiger partial charge in [0.15, 0.2) is 0 Å². The molecule has 0 atom stereocenters. The fraction of sp³-hybridized carbons (Fsp3) is 0.368. The van der Waals surface area contributed by atoms with Crippen molar-refractivity contribution in [3.05, 3.63) is 43.6 Å². The van der Waals surface area contributed by atoms with Gasteiger partial charge in [0.1, 0.15) is 9.83 Å².